The molecule has 0 aliphatic carbocycles. The lowest BCUT2D eigenvalue weighted by atomic mass is 10.0. The zero-order valence-electron chi connectivity index (χ0n) is 19.6. The summed E-state index contributed by atoms with van der Waals surface area (Å²) in [6.45, 7) is 5.58. The lowest BCUT2D eigenvalue weighted by Gasteiger charge is -2.34. The molecule has 1 amide bonds. The van der Waals surface area contributed by atoms with Crippen molar-refractivity contribution >= 4 is 28.9 Å². The standard InChI is InChI=1S/C25H31ClF3N5O/c26-20-4-6-23(7-5-20)33-11-2-9-32(13-14-33)12-8-24(35)34-10-1-3-21(18-34)31-22-15-19(16-30-17-22)25(27,28)29/h4-7,15-17,21,31H,1-3,8-14,18H2. The van der Waals surface area contributed by atoms with E-state index in [0.29, 0.717) is 31.7 Å². The first-order valence-electron chi connectivity index (χ1n) is 12.1. The van der Waals surface area contributed by atoms with Crippen LogP contribution in [0.3, 0.4) is 0 Å². The van der Waals surface area contributed by atoms with E-state index in [0.717, 1.165) is 68.4 Å². The fraction of sp³-hybridized carbons (Fsp3) is 0.520. The summed E-state index contributed by atoms with van der Waals surface area (Å²) in [5.74, 6) is 0.0949. The molecule has 3 heterocycles. The summed E-state index contributed by atoms with van der Waals surface area (Å²) in [5.41, 5.74) is 0.711. The molecule has 1 unspecified atom stereocenters. The number of aromatic nitrogens is 1. The van der Waals surface area contributed by atoms with Crippen LogP contribution < -0.4 is 10.2 Å². The van der Waals surface area contributed by atoms with E-state index < -0.39 is 11.7 Å². The largest absolute Gasteiger partial charge is 0.417 e. The maximum Gasteiger partial charge on any atom is 0.417 e. The van der Waals surface area contributed by atoms with Crippen LogP contribution in [0.15, 0.2) is 42.7 Å². The van der Waals surface area contributed by atoms with E-state index in [9.17, 15) is 18.0 Å². The molecule has 10 heteroatoms. The van der Waals surface area contributed by atoms with Gasteiger partial charge in [-0.3, -0.25) is 9.78 Å². The Morgan fingerprint density at radius 2 is 1.86 bits per heavy atom. The molecule has 6 nitrogen and oxygen atoms in total. The average Bonchev–Trinajstić information content (AvgIpc) is 3.09. The lowest BCUT2D eigenvalue weighted by Crippen LogP contribution is -2.46. The number of nitrogens with one attached hydrogen (secondary N) is 1. The first kappa shape index (κ1) is 25.6. The molecule has 1 N–H and O–H groups in total. The van der Waals surface area contributed by atoms with Crippen LogP contribution in [0, 0.1) is 0 Å². The second kappa shape index (κ2) is 11.5. The van der Waals surface area contributed by atoms with Gasteiger partial charge in [0.1, 0.15) is 0 Å². The van der Waals surface area contributed by atoms with Gasteiger partial charge in [-0.05, 0) is 56.1 Å². The number of hydrogen-bond acceptors (Lipinski definition) is 5. The number of carbonyl (C=O) groups is 1. The van der Waals surface area contributed by atoms with Gasteiger partial charge in [-0.1, -0.05) is 11.6 Å². The Hall–Kier alpha value is -2.52. The monoisotopic (exact) mass is 509 g/mol. The van der Waals surface area contributed by atoms with Gasteiger partial charge in [0.05, 0.1) is 11.3 Å². The Bertz CT molecular complexity index is 988. The highest BCUT2D eigenvalue weighted by molar-refractivity contribution is 6.30. The van der Waals surface area contributed by atoms with Crippen LogP contribution in [0.25, 0.3) is 0 Å². The molecule has 190 valence electrons. The highest BCUT2D eigenvalue weighted by atomic mass is 35.5. The summed E-state index contributed by atoms with van der Waals surface area (Å²) >= 11 is 6.00. The maximum absolute atomic E-state index is 13.0. The quantitative estimate of drug-likeness (QED) is 0.608. The van der Waals surface area contributed by atoms with Crippen molar-refractivity contribution in [2.75, 3.05) is 56.0 Å². The zero-order chi connectivity index (χ0) is 24.8. The van der Waals surface area contributed by atoms with Crippen molar-refractivity contribution in [3.63, 3.8) is 0 Å². The second-order valence-corrected chi connectivity index (χ2v) is 9.63. The van der Waals surface area contributed by atoms with E-state index in [-0.39, 0.29) is 11.9 Å². The van der Waals surface area contributed by atoms with Crippen LogP contribution >= 0.6 is 11.6 Å². The van der Waals surface area contributed by atoms with Crippen LogP contribution in [-0.4, -0.2) is 72.5 Å². The zero-order valence-corrected chi connectivity index (χ0v) is 20.4. The highest BCUT2D eigenvalue weighted by Crippen LogP contribution is 2.30. The molecule has 0 radical (unpaired) electrons. The molecular weight excluding hydrogens is 479 g/mol. The number of amides is 1. The third-order valence-electron chi connectivity index (χ3n) is 6.63. The molecule has 2 aromatic rings. The van der Waals surface area contributed by atoms with Gasteiger partial charge < -0.3 is 20.0 Å². The number of carbonyl (C=O) groups excluding carboxylic acids is 1. The summed E-state index contributed by atoms with van der Waals surface area (Å²) in [6.07, 6.45) is 0.860. The number of hydrogen-bond donors (Lipinski definition) is 1. The SMILES string of the molecule is O=C(CCN1CCCN(c2ccc(Cl)cc2)CC1)N1CCCC(Nc2cncc(C(F)(F)F)c2)C1. The van der Waals surface area contributed by atoms with Crippen LogP contribution in [0.1, 0.15) is 31.2 Å². The van der Waals surface area contributed by atoms with Gasteiger partial charge in [0.25, 0.3) is 0 Å². The van der Waals surface area contributed by atoms with E-state index in [1.807, 2.05) is 29.2 Å². The fourth-order valence-corrected chi connectivity index (χ4v) is 4.87. The van der Waals surface area contributed by atoms with Gasteiger partial charge in [0.2, 0.25) is 5.91 Å². The van der Waals surface area contributed by atoms with E-state index in [2.05, 4.69) is 20.1 Å². The summed E-state index contributed by atoms with van der Waals surface area (Å²) in [5, 5.41) is 3.86. The van der Waals surface area contributed by atoms with Crippen molar-refractivity contribution in [3.8, 4) is 0 Å². The summed E-state index contributed by atoms with van der Waals surface area (Å²) in [4.78, 5) is 23.1. The predicted molar refractivity (Wildman–Crippen MR) is 132 cm³/mol. The molecule has 2 fully saturated rings. The fourth-order valence-electron chi connectivity index (χ4n) is 4.75. The molecule has 1 aromatic heterocycles. The van der Waals surface area contributed by atoms with Gasteiger partial charge >= 0.3 is 6.18 Å². The normalized spacial score (nSPS) is 19.9. The molecule has 0 bridgehead atoms. The van der Waals surface area contributed by atoms with Gasteiger partial charge in [-0.15, -0.1) is 0 Å². The van der Waals surface area contributed by atoms with E-state index in [4.69, 9.17) is 11.6 Å². The summed E-state index contributed by atoms with van der Waals surface area (Å²) in [6, 6.07) is 8.87. The molecule has 35 heavy (non-hydrogen) atoms. The second-order valence-electron chi connectivity index (χ2n) is 9.19. The topological polar surface area (TPSA) is 51.7 Å². The third kappa shape index (κ3) is 7.24. The number of pyridine rings is 1. The van der Waals surface area contributed by atoms with Crippen molar-refractivity contribution in [3.05, 3.63) is 53.3 Å². The number of nitrogens with zero attached hydrogens (tertiary/aromatic N) is 4. The van der Waals surface area contributed by atoms with Gasteiger partial charge in [0, 0.05) is 74.8 Å². The van der Waals surface area contributed by atoms with E-state index in [1.54, 1.807) is 0 Å². The van der Waals surface area contributed by atoms with Crippen molar-refractivity contribution in [2.45, 2.75) is 37.9 Å². The smallest absolute Gasteiger partial charge is 0.379 e. The lowest BCUT2D eigenvalue weighted by molar-refractivity contribution is -0.137. The van der Waals surface area contributed by atoms with Crippen LogP contribution in [0.4, 0.5) is 24.5 Å². The molecule has 1 atom stereocenters. The van der Waals surface area contributed by atoms with Crippen molar-refractivity contribution in [1.29, 1.82) is 0 Å². The molecular formula is C25H31ClF3N5O. The van der Waals surface area contributed by atoms with Crippen LogP contribution in [0.2, 0.25) is 5.02 Å². The Morgan fingerprint density at radius 1 is 1.06 bits per heavy atom. The maximum atomic E-state index is 13.0. The van der Waals surface area contributed by atoms with Crippen LogP contribution in [0.5, 0.6) is 0 Å². The number of likely N-dealkylation sites (tertiary alicyclic amines) is 1. The minimum absolute atomic E-state index is 0.0934. The molecule has 0 saturated carbocycles. The molecule has 2 aliphatic heterocycles. The number of anilines is 2. The first-order valence-corrected chi connectivity index (χ1v) is 12.5. The molecule has 4 rings (SSSR count). The molecule has 0 spiro atoms. The Labute approximate surface area is 209 Å². The first-order chi connectivity index (χ1) is 16.8. The van der Waals surface area contributed by atoms with Crippen molar-refractivity contribution in [1.82, 2.24) is 14.8 Å². The number of benzene rings is 1. The number of halogens is 4. The van der Waals surface area contributed by atoms with Gasteiger partial charge in [-0.2, -0.15) is 13.2 Å². The highest BCUT2D eigenvalue weighted by Gasteiger charge is 2.31. The predicted octanol–water partition coefficient (Wildman–Crippen LogP) is 4.76. The summed E-state index contributed by atoms with van der Waals surface area (Å²) in [7, 11) is 0. The summed E-state index contributed by atoms with van der Waals surface area (Å²) < 4.78 is 38.9. The van der Waals surface area contributed by atoms with Gasteiger partial charge in [0.15, 0.2) is 0 Å². The van der Waals surface area contributed by atoms with Crippen LogP contribution in [-0.2, 0) is 11.0 Å². The molecule has 2 aliphatic rings. The number of alkyl halides is 3. The van der Waals surface area contributed by atoms with Crippen molar-refractivity contribution < 1.29 is 18.0 Å². The van der Waals surface area contributed by atoms with E-state index >= 15 is 0 Å². The Morgan fingerprint density at radius 3 is 2.63 bits per heavy atom. The number of rotatable bonds is 6. The van der Waals surface area contributed by atoms with Crippen molar-refractivity contribution in [2.24, 2.45) is 0 Å². The minimum atomic E-state index is -4.43. The van der Waals surface area contributed by atoms with E-state index in [1.165, 1.54) is 6.20 Å². The average molecular weight is 510 g/mol. The molecule has 2 saturated heterocycles. The van der Waals surface area contributed by atoms with Gasteiger partial charge in [-0.25, -0.2) is 0 Å². The Kier molecular flexibility index (Phi) is 8.38. The Balaban J connectivity index is 1.24. The number of piperidine rings is 1. The minimum Gasteiger partial charge on any atom is -0.379 e. The third-order valence-corrected chi connectivity index (χ3v) is 6.88. The molecule has 1 aromatic carbocycles.